The third kappa shape index (κ3) is 3.64. The molecule has 1 aromatic carbocycles. The van der Waals surface area contributed by atoms with E-state index < -0.39 is 0 Å². The van der Waals surface area contributed by atoms with Crippen LogP contribution in [0.5, 0.6) is 11.5 Å². The van der Waals surface area contributed by atoms with Crippen molar-refractivity contribution in [1.29, 1.82) is 0 Å². The van der Waals surface area contributed by atoms with Gasteiger partial charge in [0.2, 0.25) is 0 Å². The van der Waals surface area contributed by atoms with Crippen molar-refractivity contribution < 1.29 is 9.47 Å². The molecule has 3 rings (SSSR count). The molecule has 2 aromatic heterocycles. The molecule has 0 aliphatic carbocycles. The summed E-state index contributed by atoms with van der Waals surface area (Å²) in [6.45, 7) is 4.51. The van der Waals surface area contributed by atoms with E-state index in [9.17, 15) is 0 Å². The van der Waals surface area contributed by atoms with Crippen molar-refractivity contribution in [1.82, 2.24) is 9.55 Å². The van der Waals surface area contributed by atoms with Crippen LogP contribution in [0.3, 0.4) is 0 Å². The van der Waals surface area contributed by atoms with Gasteiger partial charge in [-0.1, -0.05) is 6.08 Å². The number of rotatable bonds is 6. The number of aromatic nitrogens is 2. The first kappa shape index (κ1) is 17.0. The van der Waals surface area contributed by atoms with Crippen molar-refractivity contribution in [3.8, 4) is 22.8 Å². The van der Waals surface area contributed by atoms with Crippen LogP contribution in [-0.2, 0) is 6.54 Å². The molecular formula is C19H19N3O2S. The average molecular weight is 353 g/mol. The van der Waals surface area contributed by atoms with Gasteiger partial charge < -0.3 is 14.0 Å². The maximum atomic E-state index is 5.53. The largest absolute Gasteiger partial charge is 0.497 e. The van der Waals surface area contributed by atoms with Crippen LogP contribution in [0.1, 0.15) is 0 Å². The normalized spacial score (nSPS) is 11.4. The zero-order chi connectivity index (χ0) is 17.6. The third-order valence-electron chi connectivity index (χ3n) is 3.66. The highest BCUT2D eigenvalue weighted by Gasteiger charge is 2.13. The van der Waals surface area contributed by atoms with Crippen LogP contribution in [0.25, 0.3) is 11.3 Å². The summed E-state index contributed by atoms with van der Waals surface area (Å²) in [7, 11) is 3.32. The molecule has 0 unspecified atom stereocenters. The standard InChI is InChI=1S/C19H19N3O2S/c1-4-10-22-17(16-11-15(23-2)7-8-18(16)24-3)13-25-19(22)21-14-6-5-9-20-12-14/h4-9,11-13H,1,10H2,2-3H3. The third-order valence-corrected chi connectivity index (χ3v) is 4.53. The molecule has 2 heterocycles. The lowest BCUT2D eigenvalue weighted by molar-refractivity contribution is 0.404. The summed E-state index contributed by atoms with van der Waals surface area (Å²) in [5.74, 6) is 1.56. The lowest BCUT2D eigenvalue weighted by Gasteiger charge is -2.12. The van der Waals surface area contributed by atoms with Crippen LogP contribution in [0, 0.1) is 0 Å². The fraction of sp³-hybridized carbons (Fsp3) is 0.158. The van der Waals surface area contributed by atoms with E-state index in [-0.39, 0.29) is 0 Å². The Balaban J connectivity index is 2.18. The molecule has 0 saturated carbocycles. The van der Waals surface area contributed by atoms with Crippen LogP contribution in [0.2, 0.25) is 0 Å². The van der Waals surface area contributed by atoms with Crippen LogP contribution in [0.15, 0.2) is 65.8 Å². The summed E-state index contributed by atoms with van der Waals surface area (Å²) in [5, 5.41) is 2.07. The Morgan fingerprint density at radius 2 is 2.16 bits per heavy atom. The first-order valence-electron chi connectivity index (χ1n) is 7.73. The molecule has 0 radical (unpaired) electrons. The van der Waals surface area contributed by atoms with Crippen LogP contribution >= 0.6 is 11.3 Å². The van der Waals surface area contributed by atoms with Gasteiger partial charge in [-0.3, -0.25) is 4.98 Å². The average Bonchev–Trinajstić information content (AvgIpc) is 3.04. The maximum absolute atomic E-state index is 5.53. The Labute approximate surface area is 150 Å². The summed E-state index contributed by atoms with van der Waals surface area (Å²) in [6.07, 6.45) is 5.33. The predicted molar refractivity (Wildman–Crippen MR) is 101 cm³/mol. The van der Waals surface area contributed by atoms with Gasteiger partial charge in [0.1, 0.15) is 11.5 Å². The van der Waals surface area contributed by atoms with E-state index in [1.165, 1.54) is 0 Å². The van der Waals surface area contributed by atoms with Gasteiger partial charge in [0, 0.05) is 23.7 Å². The smallest absolute Gasteiger partial charge is 0.190 e. The molecule has 5 nitrogen and oxygen atoms in total. The number of thiazole rings is 1. The molecule has 25 heavy (non-hydrogen) atoms. The van der Waals surface area contributed by atoms with E-state index in [4.69, 9.17) is 14.5 Å². The van der Waals surface area contributed by atoms with Crippen molar-refractivity contribution in [3.63, 3.8) is 0 Å². The molecule has 3 aromatic rings. The SMILES string of the molecule is C=CCn1c(-c2cc(OC)ccc2OC)csc1=Nc1cccnc1. The lowest BCUT2D eigenvalue weighted by atomic mass is 10.1. The van der Waals surface area contributed by atoms with E-state index in [0.717, 1.165) is 33.2 Å². The van der Waals surface area contributed by atoms with Crippen molar-refractivity contribution in [2.45, 2.75) is 6.54 Å². The summed E-state index contributed by atoms with van der Waals surface area (Å²) in [4.78, 5) is 9.69. The summed E-state index contributed by atoms with van der Waals surface area (Å²) >= 11 is 1.56. The summed E-state index contributed by atoms with van der Waals surface area (Å²) in [6, 6.07) is 9.55. The topological polar surface area (TPSA) is 48.6 Å². The number of methoxy groups -OCH3 is 2. The molecule has 0 aliphatic heterocycles. The minimum atomic E-state index is 0.637. The lowest BCUT2D eigenvalue weighted by Crippen LogP contribution is -2.15. The van der Waals surface area contributed by atoms with Gasteiger partial charge in [-0.05, 0) is 30.3 Å². The van der Waals surface area contributed by atoms with Gasteiger partial charge in [-0.25, -0.2) is 4.99 Å². The van der Waals surface area contributed by atoms with E-state index >= 15 is 0 Å². The molecule has 0 N–H and O–H groups in total. The number of pyridine rings is 1. The number of hydrogen-bond donors (Lipinski definition) is 0. The molecular weight excluding hydrogens is 334 g/mol. The maximum Gasteiger partial charge on any atom is 0.190 e. The number of nitrogens with zero attached hydrogens (tertiary/aromatic N) is 3. The molecule has 0 spiro atoms. The van der Waals surface area contributed by atoms with E-state index in [0.29, 0.717) is 6.54 Å². The number of ether oxygens (including phenoxy) is 2. The number of hydrogen-bond acceptors (Lipinski definition) is 5. The predicted octanol–water partition coefficient (Wildman–Crippen LogP) is 4.05. The Bertz CT molecular complexity index is 929. The Morgan fingerprint density at radius 3 is 2.84 bits per heavy atom. The first-order valence-corrected chi connectivity index (χ1v) is 8.61. The zero-order valence-corrected chi connectivity index (χ0v) is 15.0. The van der Waals surface area contributed by atoms with Gasteiger partial charge in [0.05, 0.1) is 31.8 Å². The Kier molecular flexibility index (Phi) is 5.30. The van der Waals surface area contributed by atoms with Crippen molar-refractivity contribution in [3.05, 3.63) is 65.6 Å². The Morgan fingerprint density at radius 1 is 1.28 bits per heavy atom. The molecule has 0 saturated heterocycles. The second-order valence-corrected chi connectivity index (χ2v) is 6.03. The summed E-state index contributed by atoms with van der Waals surface area (Å²) < 4.78 is 13.0. The van der Waals surface area contributed by atoms with Crippen molar-refractivity contribution >= 4 is 17.0 Å². The molecule has 128 valence electrons. The molecule has 0 atom stereocenters. The van der Waals surface area contributed by atoms with Crippen LogP contribution in [-0.4, -0.2) is 23.8 Å². The highest BCUT2D eigenvalue weighted by atomic mass is 32.1. The van der Waals surface area contributed by atoms with Crippen molar-refractivity contribution in [2.75, 3.05) is 14.2 Å². The monoisotopic (exact) mass is 353 g/mol. The second-order valence-electron chi connectivity index (χ2n) is 5.19. The van der Waals surface area contributed by atoms with Crippen molar-refractivity contribution in [2.24, 2.45) is 4.99 Å². The number of benzene rings is 1. The second kappa shape index (κ2) is 7.81. The quantitative estimate of drug-likeness (QED) is 0.628. The highest BCUT2D eigenvalue weighted by molar-refractivity contribution is 7.07. The molecule has 6 heteroatoms. The molecule has 0 bridgehead atoms. The summed E-state index contributed by atoms with van der Waals surface area (Å²) in [5.41, 5.74) is 2.77. The number of allylic oxidation sites excluding steroid dienone is 1. The zero-order valence-electron chi connectivity index (χ0n) is 14.2. The minimum Gasteiger partial charge on any atom is -0.497 e. The van der Waals surface area contributed by atoms with Gasteiger partial charge in [0.15, 0.2) is 4.80 Å². The van der Waals surface area contributed by atoms with Gasteiger partial charge >= 0.3 is 0 Å². The van der Waals surface area contributed by atoms with Gasteiger partial charge in [-0.15, -0.1) is 17.9 Å². The fourth-order valence-electron chi connectivity index (χ4n) is 2.48. The van der Waals surface area contributed by atoms with E-state index in [1.807, 2.05) is 36.4 Å². The van der Waals surface area contributed by atoms with Crippen LogP contribution < -0.4 is 14.3 Å². The minimum absolute atomic E-state index is 0.637. The first-order chi connectivity index (χ1) is 12.3. The Hall–Kier alpha value is -2.86. The fourth-order valence-corrected chi connectivity index (χ4v) is 3.41. The van der Waals surface area contributed by atoms with Crippen LogP contribution in [0.4, 0.5) is 5.69 Å². The van der Waals surface area contributed by atoms with E-state index in [2.05, 4.69) is 21.5 Å². The molecule has 0 fully saturated rings. The molecule has 0 aliphatic rings. The van der Waals surface area contributed by atoms with Gasteiger partial charge in [-0.2, -0.15) is 0 Å². The molecule has 0 amide bonds. The van der Waals surface area contributed by atoms with E-state index in [1.54, 1.807) is 38.0 Å². The van der Waals surface area contributed by atoms with Gasteiger partial charge in [0.25, 0.3) is 0 Å². The highest BCUT2D eigenvalue weighted by Crippen LogP contribution is 2.33.